The highest BCUT2D eigenvalue weighted by Gasteiger charge is 2.78. The molecule has 0 unspecified atom stereocenters. The Morgan fingerprint density at radius 1 is 0.820 bits per heavy atom. The number of carbonyl (C=O) groups is 4. The fourth-order valence-corrected chi connectivity index (χ4v) is 9.13. The number of hydrogen-bond donors (Lipinski definition) is 0. The number of aryl methyl sites for hydroxylation is 1. The van der Waals surface area contributed by atoms with Crippen molar-refractivity contribution in [2.75, 3.05) is 0 Å². The van der Waals surface area contributed by atoms with Crippen molar-refractivity contribution < 1.29 is 52.2 Å². The third kappa shape index (κ3) is 3.82. The van der Waals surface area contributed by atoms with Gasteiger partial charge in [-0.1, -0.05) is 27.7 Å². The average Bonchev–Trinajstić information content (AvgIpc) is 3.48. The van der Waals surface area contributed by atoms with Gasteiger partial charge >= 0.3 is 29.5 Å². The summed E-state index contributed by atoms with van der Waals surface area (Å²) in [6, 6.07) is 3.15. The van der Waals surface area contributed by atoms with Gasteiger partial charge in [0.2, 0.25) is 17.7 Å². The normalized spacial score (nSPS) is 35.2. The number of rotatable bonds is 6. The van der Waals surface area contributed by atoms with Gasteiger partial charge in [-0.2, -0.15) is 0 Å². The van der Waals surface area contributed by atoms with Gasteiger partial charge in [0.25, 0.3) is 0 Å². The topological polar surface area (TPSA) is 188 Å². The summed E-state index contributed by atoms with van der Waals surface area (Å²) in [5, 5.41) is 11.7. The highest BCUT2D eigenvalue weighted by atomic mass is 16.7. The SMILES string of the molecule is Cc1c(C[N+](=O)[O-])c(=O)oc2c3c(ccc12)OC(C)(C)[C@H](OC(=O)[C@@]12CC[C@@](C)(C(=O)O1)C2(C)C)[C@@H]3OC(=O)[C@@]12CC[C@@](C)(C(=O)O1)C2(C)C. The van der Waals surface area contributed by atoms with Crippen molar-refractivity contribution in [3.05, 3.63) is 49.4 Å². The molecule has 14 nitrogen and oxygen atoms in total. The average molecular weight is 696 g/mol. The van der Waals surface area contributed by atoms with Gasteiger partial charge in [-0.15, -0.1) is 0 Å². The van der Waals surface area contributed by atoms with Crippen LogP contribution in [0.25, 0.3) is 11.0 Å². The van der Waals surface area contributed by atoms with Gasteiger partial charge in [-0.25, -0.2) is 14.4 Å². The second-order valence-electron chi connectivity index (χ2n) is 16.5. The van der Waals surface area contributed by atoms with E-state index in [0.717, 1.165) is 0 Å². The van der Waals surface area contributed by atoms with E-state index in [0.29, 0.717) is 18.2 Å². The van der Waals surface area contributed by atoms with Crippen molar-refractivity contribution in [2.24, 2.45) is 21.7 Å². The Morgan fingerprint density at radius 2 is 1.34 bits per heavy atom. The number of ether oxygens (including phenoxy) is 5. The van der Waals surface area contributed by atoms with Crippen LogP contribution in [0.4, 0.5) is 0 Å². The van der Waals surface area contributed by atoms with E-state index in [9.17, 15) is 34.1 Å². The number of benzene rings is 1. The summed E-state index contributed by atoms with van der Waals surface area (Å²) in [6.45, 7) is 14.6. The molecule has 2 saturated heterocycles. The summed E-state index contributed by atoms with van der Waals surface area (Å²) in [4.78, 5) is 79.1. The molecule has 7 rings (SSSR count). The zero-order valence-corrected chi connectivity index (χ0v) is 29.6. The third-order valence-corrected chi connectivity index (χ3v) is 13.7. The lowest BCUT2D eigenvalue weighted by molar-refractivity contribution is -0.497. The maximum atomic E-state index is 14.5. The molecule has 5 aliphatic rings. The number of hydrogen-bond acceptors (Lipinski definition) is 13. The molecule has 4 fully saturated rings. The second-order valence-corrected chi connectivity index (χ2v) is 16.5. The monoisotopic (exact) mass is 695 g/mol. The predicted molar refractivity (Wildman–Crippen MR) is 171 cm³/mol. The van der Waals surface area contributed by atoms with Gasteiger partial charge in [0.1, 0.15) is 22.5 Å². The first-order valence-electron chi connectivity index (χ1n) is 16.8. The Morgan fingerprint density at radius 3 is 1.80 bits per heavy atom. The first kappa shape index (κ1) is 34.0. The Balaban J connectivity index is 1.39. The molecule has 1 aromatic carbocycles. The van der Waals surface area contributed by atoms with Gasteiger partial charge in [-0.05, 0) is 78.0 Å². The molecular formula is C36H41NO13. The molecule has 2 aliphatic carbocycles. The molecular weight excluding hydrogens is 654 g/mol. The lowest BCUT2D eigenvalue weighted by atomic mass is 9.66. The maximum Gasteiger partial charge on any atom is 0.351 e. The van der Waals surface area contributed by atoms with Crippen LogP contribution in [0.15, 0.2) is 21.3 Å². The Labute approximate surface area is 287 Å². The van der Waals surface area contributed by atoms with E-state index in [1.807, 2.05) is 0 Å². The summed E-state index contributed by atoms with van der Waals surface area (Å²) in [5.41, 5.74) is -9.43. The standard InChI is InChI=1S/C36H41NO13/c1-17-18-10-11-20-21(22(18)45-25(38)19(17)16-37(43)44)23(46-28(41)35-14-12-33(8,26(39)49-35)31(35,4)5)24(30(2,3)48-20)47-29(42)36-15-13-34(9,27(40)50-36)32(36,6)7/h10-11,23-24H,12-16H2,1-9H3/t23-,24-,33+,34+,35-,36-/m1/s1. The first-order chi connectivity index (χ1) is 23.0. The predicted octanol–water partition coefficient (Wildman–Crippen LogP) is 4.79. The van der Waals surface area contributed by atoms with Crippen molar-refractivity contribution in [1.29, 1.82) is 0 Å². The molecule has 0 N–H and O–H groups in total. The fraction of sp³-hybridized carbons (Fsp3) is 0.639. The Hall–Kier alpha value is -4.49. The van der Waals surface area contributed by atoms with Crippen molar-refractivity contribution in [2.45, 2.75) is 124 Å². The summed E-state index contributed by atoms with van der Waals surface area (Å²) in [5.74, 6) is -2.63. The second kappa shape index (κ2) is 9.85. The van der Waals surface area contributed by atoms with Gasteiger partial charge in [-0.3, -0.25) is 19.7 Å². The smallest absolute Gasteiger partial charge is 0.351 e. The van der Waals surface area contributed by atoms with Crippen LogP contribution in [0.3, 0.4) is 0 Å². The highest BCUT2D eigenvalue weighted by Crippen LogP contribution is 2.67. The zero-order valence-electron chi connectivity index (χ0n) is 29.6. The number of fused-ring (bicyclic) bond motifs is 7. The maximum absolute atomic E-state index is 14.5. The number of carbonyl (C=O) groups excluding carboxylic acids is 4. The highest BCUT2D eigenvalue weighted by molar-refractivity contribution is 5.95. The summed E-state index contributed by atoms with van der Waals surface area (Å²) in [7, 11) is 0. The lowest BCUT2D eigenvalue weighted by Gasteiger charge is -2.45. The molecule has 2 saturated carbocycles. The van der Waals surface area contributed by atoms with Crippen molar-refractivity contribution in [1.82, 2.24) is 0 Å². The van der Waals surface area contributed by atoms with Crippen molar-refractivity contribution in [3.8, 4) is 5.75 Å². The van der Waals surface area contributed by atoms with Gasteiger partial charge in [0, 0.05) is 21.1 Å². The largest absolute Gasteiger partial charge is 0.483 e. The molecule has 0 amide bonds. The fourth-order valence-electron chi connectivity index (χ4n) is 9.13. The van der Waals surface area contributed by atoms with Crippen LogP contribution in [0, 0.1) is 38.7 Å². The Kier molecular flexibility index (Phi) is 6.69. The number of nitro groups is 1. The third-order valence-electron chi connectivity index (χ3n) is 13.7. The lowest BCUT2D eigenvalue weighted by Crippen LogP contribution is -2.57. The molecule has 6 atom stereocenters. The van der Waals surface area contributed by atoms with Crippen LogP contribution >= 0.6 is 0 Å². The van der Waals surface area contributed by atoms with E-state index in [1.54, 1.807) is 74.4 Å². The molecule has 50 heavy (non-hydrogen) atoms. The van der Waals surface area contributed by atoms with Gasteiger partial charge in [0.05, 0.1) is 16.4 Å². The van der Waals surface area contributed by atoms with Crippen LogP contribution < -0.4 is 10.4 Å². The first-order valence-corrected chi connectivity index (χ1v) is 16.8. The van der Waals surface area contributed by atoms with Crippen LogP contribution in [0.2, 0.25) is 0 Å². The van der Waals surface area contributed by atoms with E-state index in [1.165, 1.54) is 0 Å². The van der Waals surface area contributed by atoms with E-state index in [4.69, 9.17) is 28.1 Å². The quantitative estimate of drug-likeness (QED) is 0.132. The van der Waals surface area contributed by atoms with E-state index < -0.39 is 91.6 Å². The summed E-state index contributed by atoms with van der Waals surface area (Å²) < 4.78 is 36.4. The van der Waals surface area contributed by atoms with Gasteiger partial charge in [0.15, 0.2) is 12.2 Å². The van der Waals surface area contributed by atoms with Crippen LogP contribution in [-0.2, 0) is 44.7 Å². The minimum atomic E-state index is -1.68. The molecule has 1 aromatic heterocycles. The zero-order chi connectivity index (χ0) is 36.8. The summed E-state index contributed by atoms with van der Waals surface area (Å²) >= 11 is 0. The van der Waals surface area contributed by atoms with Crippen molar-refractivity contribution >= 4 is 34.8 Å². The van der Waals surface area contributed by atoms with Crippen molar-refractivity contribution in [3.63, 3.8) is 0 Å². The van der Waals surface area contributed by atoms with Crippen LogP contribution in [-0.4, -0.2) is 51.7 Å². The molecule has 3 aliphatic heterocycles. The molecule has 0 spiro atoms. The van der Waals surface area contributed by atoms with E-state index in [2.05, 4.69) is 0 Å². The van der Waals surface area contributed by atoms with Crippen LogP contribution in [0.1, 0.15) is 104 Å². The molecule has 2 aromatic rings. The number of nitrogens with zero attached hydrogens (tertiary/aromatic N) is 1. The van der Waals surface area contributed by atoms with E-state index in [-0.39, 0.29) is 40.9 Å². The minimum absolute atomic E-state index is 0.0524. The summed E-state index contributed by atoms with van der Waals surface area (Å²) in [6.07, 6.45) is -1.76. The molecule has 4 bridgehead atoms. The molecule has 0 radical (unpaired) electrons. The van der Waals surface area contributed by atoms with Crippen LogP contribution in [0.5, 0.6) is 5.75 Å². The molecule has 4 heterocycles. The Bertz CT molecular complexity index is 2010. The van der Waals surface area contributed by atoms with E-state index >= 15 is 0 Å². The molecule has 268 valence electrons. The minimum Gasteiger partial charge on any atom is -0.483 e. The van der Waals surface area contributed by atoms with Gasteiger partial charge < -0.3 is 28.1 Å². The molecule has 14 heteroatoms. The number of esters is 4.